The maximum atomic E-state index is 12.0. The van der Waals surface area contributed by atoms with Crippen LogP contribution in [0, 0.1) is 11.8 Å². The van der Waals surface area contributed by atoms with Gasteiger partial charge in [-0.1, -0.05) is 6.07 Å². The molecule has 1 aliphatic heterocycles. The van der Waals surface area contributed by atoms with Crippen LogP contribution in [0.15, 0.2) is 30.7 Å². The fraction of sp³-hybridized carbons (Fsp3) is 0.421. The van der Waals surface area contributed by atoms with E-state index in [0.717, 1.165) is 36.2 Å². The molecule has 0 radical (unpaired) electrons. The molecule has 1 saturated heterocycles. The molecule has 2 aliphatic rings. The molecular weight excluding hydrogens is 332 g/mol. The molecular formula is C19H22N4O3. The van der Waals surface area contributed by atoms with Crippen molar-refractivity contribution >= 4 is 17.6 Å². The van der Waals surface area contributed by atoms with Crippen LogP contribution in [-0.4, -0.2) is 41.1 Å². The fourth-order valence-corrected chi connectivity index (χ4v) is 3.69. The number of nitrogens with zero attached hydrogens (tertiary/aromatic N) is 3. The van der Waals surface area contributed by atoms with Crippen LogP contribution in [-0.2, 0) is 11.3 Å². The van der Waals surface area contributed by atoms with Crippen LogP contribution in [0.2, 0.25) is 0 Å². The van der Waals surface area contributed by atoms with E-state index in [1.165, 1.54) is 6.42 Å². The Bertz CT molecular complexity index is 850. The highest BCUT2D eigenvalue weighted by molar-refractivity contribution is 5.95. The minimum absolute atomic E-state index is 0.250. The van der Waals surface area contributed by atoms with Crippen molar-refractivity contribution < 1.29 is 14.3 Å². The second-order valence-corrected chi connectivity index (χ2v) is 7.02. The fourth-order valence-electron chi connectivity index (χ4n) is 3.69. The van der Waals surface area contributed by atoms with Gasteiger partial charge in [0.2, 0.25) is 5.91 Å². The molecule has 7 heteroatoms. The summed E-state index contributed by atoms with van der Waals surface area (Å²) in [5.41, 5.74) is 8.22. The molecule has 2 aromatic rings. The number of carbonyl (C=O) groups is 2. The number of imidazole rings is 1. The number of aromatic nitrogens is 2. The van der Waals surface area contributed by atoms with E-state index in [9.17, 15) is 9.59 Å². The summed E-state index contributed by atoms with van der Waals surface area (Å²) in [6.07, 6.45) is 4.50. The highest BCUT2D eigenvalue weighted by Crippen LogP contribution is 2.46. The Morgan fingerprint density at radius 2 is 2.08 bits per heavy atom. The maximum absolute atomic E-state index is 12.0. The highest BCUT2D eigenvalue weighted by Gasteiger charge is 2.45. The van der Waals surface area contributed by atoms with E-state index in [0.29, 0.717) is 18.7 Å². The maximum Gasteiger partial charge on any atom is 0.358 e. The zero-order valence-corrected chi connectivity index (χ0v) is 14.7. The van der Waals surface area contributed by atoms with E-state index in [4.69, 9.17) is 10.5 Å². The topological polar surface area (TPSA) is 90.5 Å². The van der Waals surface area contributed by atoms with Crippen molar-refractivity contribution in [3.05, 3.63) is 47.5 Å². The van der Waals surface area contributed by atoms with Crippen LogP contribution >= 0.6 is 0 Å². The molecule has 26 heavy (non-hydrogen) atoms. The first-order valence-corrected chi connectivity index (χ1v) is 8.91. The molecule has 1 aromatic carbocycles. The number of esters is 1. The monoisotopic (exact) mass is 354 g/mol. The zero-order chi connectivity index (χ0) is 18.3. The first kappa shape index (κ1) is 16.6. The summed E-state index contributed by atoms with van der Waals surface area (Å²) in [5, 5.41) is 0. The summed E-state index contributed by atoms with van der Waals surface area (Å²) in [6, 6.07) is 5.85. The molecule has 4 rings (SSSR count). The van der Waals surface area contributed by atoms with Crippen LogP contribution in [0.3, 0.4) is 0 Å². The molecule has 2 N–H and O–H groups in total. The van der Waals surface area contributed by atoms with Crippen molar-refractivity contribution in [2.24, 2.45) is 17.6 Å². The van der Waals surface area contributed by atoms with E-state index in [1.807, 2.05) is 18.2 Å². The number of hydrogen-bond donors (Lipinski definition) is 1. The molecule has 0 spiro atoms. The first-order valence-electron chi connectivity index (χ1n) is 8.91. The van der Waals surface area contributed by atoms with Crippen molar-refractivity contribution in [1.29, 1.82) is 0 Å². The lowest BCUT2D eigenvalue weighted by molar-refractivity contribution is 0.0520. The largest absolute Gasteiger partial charge is 0.461 e. The Balaban J connectivity index is 1.54. The minimum atomic E-state index is -0.454. The summed E-state index contributed by atoms with van der Waals surface area (Å²) in [4.78, 5) is 30.1. The van der Waals surface area contributed by atoms with Crippen LogP contribution in [0.1, 0.15) is 39.8 Å². The predicted octanol–water partition coefficient (Wildman–Crippen LogP) is 1.66. The van der Waals surface area contributed by atoms with Crippen molar-refractivity contribution in [2.75, 3.05) is 24.6 Å². The van der Waals surface area contributed by atoms with E-state index in [2.05, 4.69) is 9.88 Å². The van der Waals surface area contributed by atoms with Crippen LogP contribution < -0.4 is 10.6 Å². The number of benzene rings is 1. The van der Waals surface area contributed by atoms with E-state index in [1.54, 1.807) is 24.0 Å². The number of anilines is 1. The number of amides is 1. The van der Waals surface area contributed by atoms with E-state index in [-0.39, 0.29) is 5.69 Å². The van der Waals surface area contributed by atoms with Gasteiger partial charge in [0, 0.05) is 37.1 Å². The van der Waals surface area contributed by atoms with Crippen molar-refractivity contribution in [3.63, 3.8) is 0 Å². The van der Waals surface area contributed by atoms with Gasteiger partial charge in [0.15, 0.2) is 5.69 Å². The van der Waals surface area contributed by atoms with Gasteiger partial charge in [0.1, 0.15) is 0 Å². The Labute approximate surface area is 151 Å². The minimum Gasteiger partial charge on any atom is -0.461 e. The molecule has 0 bridgehead atoms. The van der Waals surface area contributed by atoms with Crippen molar-refractivity contribution in [2.45, 2.75) is 19.9 Å². The van der Waals surface area contributed by atoms with Gasteiger partial charge in [-0.3, -0.25) is 4.79 Å². The predicted molar refractivity (Wildman–Crippen MR) is 96.1 cm³/mol. The number of primary amides is 1. The van der Waals surface area contributed by atoms with E-state index >= 15 is 0 Å². The lowest BCUT2D eigenvalue weighted by Gasteiger charge is -2.21. The molecule has 1 aliphatic carbocycles. The summed E-state index contributed by atoms with van der Waals surface area (Å²) in [7, 11) is 0. The number of fused-ring (bicyclic) bond motifs is 1. The second kappa shape index (κ2) is 6.48. The first-order chi connectivity index (χ1) is 12.5. The van der Waals surface area contributed by atoms with Gasteiger partial charge in [-0.25, -0.2) is 9.78 Å². The van der Waals surface area contributed by atoms with Gasteiger partial charge >= 0.3 is 5.97 Å². The van der Waals surface area contributed by atoms with Crippen molar-refractivity contribution in [3.8, 4) is 0 Å². The smallest absolute Gasteiger partial charge is 0.358 e. The van der Waals surface area contributed by atoms with Crippen LogP contribution in [0.5, 0.6) is 0 Å². The van der Waals surface area contributed by atoms with Gasteiger partial charge in [0.25, 0.3) is 0 Å². The SMILES string of the molecule is CCOC(=O)c1cn(Cc2ccc(N3CC4CC4C3)cc2C(N)=O)cn1. The summed E-state index contributed by atoms with van der Waals surface area (Å²) in [5.74, 6) is 0.735. The molecule has 136 valence electrons. The molecule has 1 amide bonds. The lowest BCUT2D eigenvalue weighted by Crippen LogP contribution is -2.23. The van der Waals surface area contributed by atoms with Crippen molar-refractivity contribution in [1.82, 2.24) is 9.55 Å². The standard InChI is InChI=1S/C19H22N4O3/c1-2-26-19(25)17-10-22(11-21-17)7-12-3-4-15(6-16(12)18(20)24)23-8-13-5-14(13)9-23/h3-4,6,10-11,13-14H,2,5,7-9H2,1H3,(H2,20,24). The van der Waals surface area contributed by atoms with Gasteiger partial charge in [-0.2, -0.15) is 0 Å². The summed E-state index contributed by atoms with van der Waals surface area (Å²) in [6.45, 7) is 4.59. The van der Waals surface area contributed by atoms with Crippen LogP contribution in [0.25, 0.3) is 0 Å². The van der Waals surface area contributed by atoms with Gasteiger partial charge in [-0.05, 0) is 42.9 Å². The lowest BCUT2D eigenvalue weighted by atomic mass is 10.1. The number of piperidine rings is 1. The molecule has 7 nitrogen and oxygen atoms in total. The Hall–Kier alpha value is -2.83. The average Bonchev–Trinajstić information content (AvgIpc) is 3.02. The van der Waals surface area contributed by atoms with Gasteiger partial charge in [0.05, 0.1) is 12.9 Å². The number of ether oxygens (including phenoxy) is 1. The summed E-state index contributed by atoms with van der Waals surface area (Å²) < 4.78 is 6.69. The van der Waals surface area contributed by atoms with Crippen LogP contribution in [0.4, 0.5) is 5.69 Å². The number of nitrogens with two attached hydrogens (primary N) is 1. The highest BCUT2D eigenvalue weighted by atomic mass is 16.5. The molecule has 1 saturated carbocycles. The summed E-state index contributed by atoms with van der Waals surface area (Å²) >= 11 is 0. The quantitative estimate of drug-likeness (QED) is 0.797. The molecule has 2 fully saturated rings. The zero-order valence-electron chi connectivity index (χ0n) is 14.7. The number of carbonyl (C=O) groups excluding carboxylic acids is 2. The third kappa shape index (κ3) is 3.16. The Morgan fingerprint density at radius 1 is 1.31 bits per heavy atom. The third-order valence-electron chi connectivity index (χ3n) is 5.17. The molecule has 2 atom stereocenters. The second-order valence-electron chi connectivity index (χ2n) is 7.02. The average molecular weight is 354 g/mol. The van der Waals surface area contributed by atoms with Gasteiger partial charge in [-0.15, -0.1) is 0 Å². The molecule has 2 unspecified atom stereocenters. The molecule has 2 heterocycles. The van der Waals surface area contributed by atoms with E-state index < -0.39 is 11.9 Å². The number of rotatable bonds is 6. The Morgan fingerprint density at radius 3 is 2.77 bits per heavy atom. The molecule has 1 aromatic heterocycles. The number of hydrogen-bond acceptors (Lipinski definition) is 5. The van der Waals surface area contributed by atoms with Gasteiger partial charge < -0.3 is 19.9 Å². The Kier molecular flexibility index (Phi) is 4.14. The third-order valence-corrected chi connectivity index (χ3v) is 5.17. The normalized spacial score (nSPS) is 20.7.